The molecule has 0 radical (unpaired) electrons. The van der Waals surface area contributed by atoms with Crippen molar-refractivity contribution in [1.82, 2.24) is 4.98 Å². The number of pyridine rings is 1. The number of H-pyrrole nitrogens is 1. The molecule has 1 N–H and O–H groups in total. The van der Waals surface area contributed by atoms with E-state index in [2.05, 4.69) is 11.1 Å². The quantitative estimate of drug-likeness (QED) is 0.855. The summed E-state index contributed by atoms with van der Waals surface area (Å²) in [7, 11) is 0. The zero-order chi connectivity index (χ0) is 17.7. The second-order valence-corrected chi connectivity index (χ2v) is 6.22. The minimum atomic E-state index is -0.405. The molecule has 0 aromatic carbocycles. The van der Waals surface area contributed by atoms with Crippen molar-refractivity contribution < 1.29 is 9.53 Å². The first-order chi connectivity index (χ1) is 11.5. The molecular weight excluding hydrogens is 306 g/mol. The van der Waals surface area contributed by atoms with Gasteiger partial charge < -0.3 is 9.72 Å². The number of aryl methyl sites for hydroxylation is 1. The molecular formula is C18H21N3O3. The van der Waals surface area contributed by atoms with Gasteiger partial charge in [0, 0.05) is 12.1 Å². The zero-order valence-corrected chi connectivity index (χ0v) is 14.0. The highest BCUT2D eigenvalue weighted by Gasteiger charge is 2.28. The van der Waals surface area contributed by atoms with Crippen LogP contribution in [0.1, 0.15) is 54.5 Å². The van der Waals surface area contributed by atoms with Crippen LogP contribution in [0.3, 0.4) is 0 Å². The molecule has 0 bridgehead atoms. The van der Waals surface area contributed by atoms with E-state index >= 15 is 0 Å². The lowest BCUT2D eigenvalue weighted by Gasteiger charge is -2.26. The molecule has 6 nitrogen and oxygen atoms in total. The number of aromatic nitrogens is 1. The Morgan fingerprint density at radius 3 is 2.67 bits per heavy atom. The van der Waals surface area contributed by atoms with E-state index in [4.69, 9.17) is 15.3 Å². The molecule has 0 amide bonds. The van der Waals surface area contributed by atoms with Gasteiger partial charge in [0.05, 0.1) is 12.0 Å². The number of carbonyl (C=O) groups is 1. The molecule has 2 rings (SSSR count). The van der Waals surface area contributed by atoms with Crippen LogP contribution in [0.2, 0.25) is 0 Å². The Balaban J connectivity index is 2.04. The molecule has 0 aliphatic heterocycles. The Bertz CT molecular complexity index is 767. The summed E-state index contributed by atoms with van der Waals surface area (Å²) in [6, 6.07) is 4.12. The van der Waals surface area contributed by atoms with E-state index in [-0.39, 0.29) is 30.0 Å². The van der Waals surface area contributed by atoms with Gasteiger partial charge >= 0.3 is 5.97 Å². The average molecular weight is 327 g/mol. The summed E-state index contributed by atoms with van der Waals surface area (Å²) in [5.41, 5.74) is 1.75. The molecule has 0 saturated heterocycles. The van der Waals surface area contributed by atoms with Gasteiger partial charge in [-0.05, 0) is 50.7 Å². The van der Waals surface area contributed by atoms with E-state index in [1.165, 1.54) is 0 Å². The topological polar surface area (TPSA) is 107 Å². The number of nitrogens with one attached hydrogen (secondary N) is 1. The minimum Gasteiger partial charge on any atom is -0.461 e. The number of hydrogen-bond donors (Lipinski definition) is 1. The van der Waals surface area contributed by atoms with Crippen molar-refractivity contribution in [2.75, 3.05) is 0 Å². The highest BCUT2D eigenvalue weighted by molar-refractivity contribution is 5.70. The molecule has 1 fully saturated rings. The summed E-state index contributed by atoms with van der Waals surface area (Å²) >= 11 is 0. The van der Waals surface area contributed by atoms with Gasteiger partial charge in [-0.2, -0.15) is 10.5 Å². The van der Waals surface area contributed by atoms with Crippen LogP contribution in [-0.4, -0.2) is 17.1 Å². The van der Waals surface area contributed by atoms with Crippen LogP contribution in [0.5, 0.6) is 0 Å². The first-order valence-corrected chi connectivity index (χ1v) is 8.19. The second kappa shape index (κ2) is 7.79. The molecule has 1 aliphatic carbocycles. The summed E-state index contributed by atoms with van der Waals surface area (Å²) in [4.78, 5) is 26.5. The van der Waals surface area contributed by atoms with Crippen molar-refractivity contribution in [3.05, 3.63) is 32.7 Å². The number of esters is 1. The number of ether oxygens (including phenoxy) is 1. The van der Waals surface area contributed by atoms with Crippen molar-refractivity contribution in [2.45, 2.75) is 58.5 Å². The molecule has 0 spiro atoms. The van der Waals surface area contributed by atoms with E-state index in [1.54, 1.807) is 13.8 Å². The number of carbonyl (C=O) groups excluding carboxylic acids is 1. The van der Waals surface area contributed by atoms with Crippen molar-refractivity contribution in [1.29, 1.82) is 10.5 Å². The van der Waals surface area contributed by atoms with Crippen LogP contribution in [-0.2, 0) is 16.0 Å². The van der Waals surface area contributed by atoms with E-state index < -0.39 is 5.56 Å². The normalized spacial score (nSPS) is 20.0. The summed E-state index contributed by atoms with van der Waals surface area (Å²) in [5, 5.41) is 18.2. The lowest BCUT2D eigenvalue weighted by Crippen LogP contribution is -2.29. The maximum absolute atomic E-state index is 12.1. The largest absolute Gasteiger partial charge is 0.461 e. The number of nitriles is 2. The Kier molecular flexibility index (Phi) is 5.76. The van der Waals surface area contributed by atoms with E-state index in [0.717, 1.165) is 31.2 Å². The van der Waals surface area contributed by atoms with Gasteiger partial charge in [0.1, 0.15) is 17.7 Å². The Labute approximate surface area is 141 Å². The number of hydrogen-bond acceptors (Lipinski definition) is 5. The van der Waals surface area contributed by atoms with Crippen LogP contribution >= 0.6 is 0 Å². The fourth-order valence-corrected chi connectivity index (χ4v) is 3.26. The van der Waals surface area contributed by atoms with E-state index in [0.29, 0.717) is 17.7 Å². The molecule has 126 valence electrons. The fraction of sp³-hybridized carbons (Fsp3) is 0.556. The monoisotopic (exact) mass is 327 g/mol. The standard InChI is InChI=1S/C18H21N3O3/c1-11-14(12(2)21-18(23)15(11)10-20)7-8-17(22)24-16-6-4-3-5-13(16)9-19/h13,16H,3-8H2,1-2H3,(H,21,23). The molecule has 1 heterocycles. The molecule has 1 saturated carbocycles. The lowest BCUT2D eigenvalue weighted by molar-refractivity contribution is -0.152. The summed E-state index contributed by atoms with van der Waals surface area (Å²) < 4.78 is 5.48. The first kappa shape index (κ1) is 17.7. The van der Waals surface area contributed by atoms with Crippen molar-refractivity contribution in [2.24, 2.45) is 5.92 Å². The third-order valence-electron chi connectivity index (χ3n) is 4.65. The van der Waals surface area contributed by atoms with Crippen LogP contribution in [0.15, 0.2) is 4.79 Å². The molecule has 1 aliphatic rings. The van der Waals surface area contributed by atoms with Crippen molar-refractivity contribution >= 4 is 5.97 Å². The lowest BCUT2D eigenvalue weighted by atomic mass is 9.87. The predicted molar refractivity (Wildman–Crippen MR) is 87.0 cm³/mol. The Morgan fingerprint density at radius 2 is 2.00 bits per heavy atom. The summed E-state index contributed by atoms with van der Waals surface area (Å²) in [5.74, 6) is -0.560. The highest BCUT2D eigenvalue weighted by atomic mass is 16.5. The molecule has 1 aromatic rings. The fourth-order valence-electron chi connectivity index (χ4n) is 3.26. The molecule has 6 heteroatoms. The van der Waals surface area contributed by atoms with Gasteiger partial charge in [0.2, 0.25) is 0 Å². The van der Waals surface area contributed by atoms with Gasteiger partial charge in [-0.25, -0.2) is 0 Å². The Hall–Kier alpha value is -2.60. The SMILES string of the molecule is Cc1[nH]c(=O)c(C#N)c(C)c1CCC(=O)OC1CCCCC1C#N. The van der Waals surface area contributed by atoms with Crippen LogP contribution in [0, 0.1) is 42.4 Å². The highest BCUT2D eigenvalue weighted by Crippen LogP contribution is 2.27. The number of rotatable bonds is 4. The Morgan fingerprint density at radius 1 is 1.29 bits per heavy atom. The van der Waals surface area contributed by atoms with Gasteiger partial charge in [-0.15, -0.1) is 0 Å². The molecule has 1 aromatic heterocycles. The molecule has 2 unspecified atom stereocenters. The van der Waals surface area contributed by atoms with Gasteiger partial charge in [0.25, 0.3) is 5.56 Å². The number of nitrogens with zero attached hydrogens (tertiary/aromatic N) is 2. The smallest absolute Gasteiger partial charge is 0.306 e. The summed E-state index contributed by atoms with van der Waals surface area (Å²) in [6.45, 7) is 3.47. The minimum absolute atomic E-state index is 0.0841. The maximum Gasteiger partial charge on any atom is 0.306 e. The number of aromatic amines is 1. The van der Waals surface area contributed by atoms with Gasteiger partial charge in [0.15, 0.2) is 0 Å². The van der Waals surface area contributed by atoms with Crippen LogP contribution in [0.25, 0.3) is 0 Å². The third-order valence-corrected chi connectivity index (χ3v) is 4.65. The first-order valence-electron chi connectivity index (χ1n) is 8.19. The third kappa shape index (κ3) is 3.83. The summed E-state index contributed by atoms with van der Waals surface area (Å²) in [6.07, 6.45) is 3.72. The van der Waals surface area contributed by atoms with Gasteiger partial charge in [-0.1, -0.05) is 6.42 Å². The van der Waals surface area contributed by atoms with Crippen LogP contribution < -0.4 is 5.56 Å². The average Bonchev–Trinajstić information content (AvgIpc) is 2.55. The maximum atomic E-state index is 12.1. The van der Waals surface area contributed by atoms with Crippen molar-refractivity contribution in [3.8, 4) is 12.1 Å². The van der Waals surface area contributed by atoms with E-state index in [1.807, 2.05) is 6.07 Å². The second-order valence-electron chi connectivity index (χ2n) is 6.22. The van der Waals surface area contributed by atoms with Crippen molar-refractivity contribution in [3.63, 3.8) is 0 Å². The zero-order valence-electron chi connectivity index (χ0n) is 14.0. The molecule has 2 atom stereocenters. The van der Waals surface area contributed by atoms with Gasteiger partial charge in [-0.3, -0.25) is 9.59 Å². The predicted octanol–water partition coefficient (Wildman–Crippen LogP) is 2.42. The van der Waals surface area contributed by atoms with E-state index in [9.17, 15) is 9.59 Å². The van der Waals surface area contributed by atoms with Crippen LogP contribution in [0.4, 0.5) is 0 Å². The molecule has 24 heavy (non-hydrogen) atoms.